The van der Waals surface area contributed by atoms with Gasteiger partial charge in [0.2, 0.25) is 5.91 Å². The van der Waals surface area contributed by atoms with Crippen molar-refractivity contribution in [2.24, 2.45) is 7.05 Å². The van der Waals surface area contributed by atoms with Crippen molar-refractivity contribution in [3.63, 3.8) is 0 Å². The van der Waals surface area contributed by atoms with Crippen molar-refractivity contribution in [3.05, 3.63) is 41.0 Å². The van der Waals surface area contributed by atoms with Crippen molar-refractivity contribution >= 4 is 33.2 Å². The zero-order chi connectivity index (χ0) is 18.2. The van der Waals surface area contributed by atoms with Crippen LogP contribution in [0.4, 0.5) is 5.82 Å². The monoisotopic (exact) mass is 381 g/mol. The average Bonchev–Trinajstić information content (AvgIpc) is 3.16. The molecule has 25 heavy (non-hydrogen) atoms. The van der Waals surface area contributed by atoms with Gasteiger partial charge in [-0.1, -0.05) is 24.4 Å². The summed E-state index contributed by atoms with van der Waals surface area (Å²) < 4.78 is 26.6. The second-order valence-corrected chi connectivity index (χ2v) is 9.10. The topological polar surface area (TPSA) is 81.1 Å². The molecule has 1 heterocycles. The van der Waals surface area contributed by atoms with E-state index in [0.717, 1.165) is 5.69 Å². The molecule has 2 aromatic rings. The van der Waals surface area contributed by atoms with Gasteiger partial charge in [0.25, 0.3) is 0 Å². The third kappa shape index (κ3) is 3.06. The predicted octanol–water partition coefficient (Wildman–Crippen LogP) is 3.11. The smallest absolute Gasteiger partial charge is 0.247 e. The van der Waals surface area contributed by atoms with E-state index in [0.29, 0.717) is 36.5 Å². The molecule has 134 valence electrons. The summed E-state index contributed by atoms with van der Waals surface area (Å²) in [6, 6.07) is 7.69. The Morgan fingerprint density at radius 2 is 1.84 bits per heavy atom. The maximum absolute atomic E-state index is 13.3. The average molecular weight is 382 g/mol. The third-order valence-corrected chi connectivity index (χ3v) is 7.47. The molecule has 0 saturated heterocycles. The molecule has 1 N–H and O–H groups in total. The van der Waals surface area contributed by atoms with Gasteiger partial charge in [-0.3, -0.25) is 9.48 Å². The van der Waals surface area contributed by atoms with Crippen molar-refractivity contribution < 1.29 is 13.2 Å². The molecule has 0 radical (unpaired) electrons. The van der Waals surface area contributed by atoms with Crippen molar-refractivity contribution in [2.75, 3.05) is 5.32 Å². The van der Waals surface area contributed by atoms with Gasteiger partial charge in [0.05, 0.1) is 10.6 Å². The Kier molecular flexibility index (Phi) is 4.64. The molecule has 8 heteroatoms. The fourth-order valence-electron chi connectivity index (χ4n) is 3.36. The molecule has 1 aliphatic carbocycles. The number of hydrogen-bond donors (Lipinski definition) is 1. The number of nitrogens with zero attached hydrogens (tertiary/aromatic N) is 2. The Balaban J connectivity index is 2.00. The van der Waals surface area contributed by atoms with Gasteiger partial charge >= 0.3 is 0 Å². The number of sulfone groups is 1. The Labute approximate surface area is 152 Å². The van der Waals surface area contributed by atoms with E-state index in [4.69, 9.17) is 11.6 Å². The first kappa shape index (κ1) is 17.9. The SMILES string of the molecule is Cc1cc(NC(=O)C2(S(=O)(=O)c3ccc(Cl)cc3)CCCC2)n(C)n1. The van der Waals surface area contributed by atoms with E-state index in [1.54, 1.807) is 13.1 Å². The highest BCUT2D eigenvalue weighted by molar-refractivity contribution is 7.93. The van der Waals surface area contributed by atoms with E-state index < -0.39 is 20.5 Å². The third-order valence-electron chi connectivity index (χ3n) is 4.71. The fraction of sp³-hybridized carbons (Fsp3) is 0.412. The summed E-state index contributed by atoms with van der Waals surface area (Å²) in [5, 5.41) is 7.39. The molecule has 1 aliphatic rings. The van der Waals surface area contributed by atoms with Crippen LogP contribution in [0.2, 0.25) is 5.02 Å². The lowest BCUT2D eigenvalue weighted by Crippen LogP contribution is -2.47. The first-order valence-electron chi connectivity index (χ1n) is 8.08. The number of carbonyl (C=O) groups excluding carboxylic acids is 1. The lowest BCUT2D eigenvalue weighted by molar-refractivity contribution is -0.118. The summed E-state index contributed by atoms with van der Waals surface area (Å²) in [6.45, 7) is 1.81. The van der Waals surface area contributed by atoms with Gasteiger partial charge in [0.1, 0.15) is 5.82 Å². The summed E-state index contributed by atoms with van der Waals surface area (Å²) in [4.78, 5) is 13.1. The number of halogens is 1. The Bertz CT molecular complexity index is 898. The van der Waals surface area contributed by atoms with E-state index in [2.05, 4.69) is 10.4 Å². The van der Waals surface area contributed by atoms with Crippen LogP contribution in [-0.2, 0) is 21.7 Å². The molecule has 0 unspecified atom stereocenters. The van der Waals surface area contributed by atoms with E-state index in [1.807, 2.05) is 6.92 Å². The number of carbonyl (C=O) groups is 1. The van der Waals surface area contributed by atoms with Crippen LogP contribution in [-0.4, -0.2) is 28.9 Å². The standard InChI is InChI=1S/C17H20ClN3O3S/c1-12-11-15(21(2)20-12)19-16(22)17(9-3-4-10-17)25(23,24)14-7-5-13(18)6-8-14/h5-8,11H,3-4,9-10H2,1-2H3,(H,19,22). The first-order chi connectivity index (χ1) is 11.8. The molecule has 1 saturated carbocycles. The molecular formula is C17H20ClN3O3S. The summed E-state index contributed by atoms with van der Waals surface area (Å²) in [5.74, 6) is -0.0111. The van der Waals surface area contributed by atoms with Crippen LogP contribution in [0.1, 0.15) is 31.4 Å². The van der Waals surface area contributed by atoms with E-state index in [1.165, 1.54) is 28.9 Å². The molecule has 1 aromatic heterocycles. The van der Waals surface area contributed by atoms with E-state index in [9.17, 15) is 13.2 Å². The van der Waals surface area contributed by atoms with Gasteiger partial charge in [-0.05, 0) is 44.0 Å². The number of aromatic nitrogens is 2. The molecule has 0 spiro atoms. The highest BCUT2D eigenvalue weighted by atomic mass is 35.5. The summed E-state index contributed by atoms with van der Waals surface area (Å²) in [5.41, 5.74) is 0.749. The molecule has 1 fully saturated rings. The van der Waals surface area contributed by atoms with E-state index >= 15 is 0 Å². The van der Waals surface area contributed by atoms with Crippen LogP contribution >= 0.6 is 11.6 Å². The minimum absolute atomic E-state index is 0.120. The highest BCUT2D eigenvalue weighted by Crippen LogP contribution is 2.41. The van der Waals surface area contributed by atoms with Gasteiger partial charge < -0.3 is 5.32 Å². The van der Waals surface area contributed by atoms with Crippen molar-refractivity contribution in [3.8, 4) is 0 Å². The zero-order valence-electron chi connectivity index (χ0n) is 14.1. The van der Waals surface area contributed by atoms with Gasteiger partial charge in [-0.2, -0.15) is 5.10 Å². The summed E-state index contributed by atoms with van der Waals surface area (Å²) >= 11 is 5.86. The van der Waals surface area contributed by atoms with E-state index in [-0.39, 0.29) is 4.90 Å². The van der Waals surface area contributed by atoms with Crippen LogP contribution < -0.4 is 5.32 Å². The Morgan fingerprint density at radius 3 is 2.36 bits per heavy atom. The first-order valence-corrected chi connectivity index (χ1v) is 9.95. The van der Waals surface area contributed by atoms with Crippen LogP contribution in [0.3, 0.4) is 0 Å². The molecule has 3 rings (SSSR count). The predicted molar refractivity (Wildman–Crippen MR) is 96.4 cm³/mol. The number of aryl methyl sites for hydroxylation is 2. The highest BCUT2D eigenvalue weighted by Gasteiger charge is 2.53. The normalized spacial score (nSPS) is 16.8. The van der Waals surface area contributed by atoms with Crippen LogP contribution in [0.15, 0.2) is 35.2 Å². The van der Waals surface area contributed by atoms with Gasteiger partial charge in [0.15, 0.2) is 14.6 Å². The Morgan fingerprint density at radius 1 is 1.24 bits per heavy atom. The lowest BCUT2D eigenvalue weighted by atomic mass is 10.1. The van der Waals surface area contributed by atoms with Crippen molar-refractivity contribution in [1.29, 1.82) is 0 Å². The number of anilines is 1. The molecule has 1 amide bonds. The van der Waals surface area contributed by atoms with Crippen LogP contribution in [0, 0.1) is 6.92 Å². The molecule has 0 bridgehead atoms. The van der Waals surface area contributed by atoms with Crippen LogP contribution in [0.25, 0.3) is 0 Å². The number of amides is 1. The second kappa shape index (κ2) is 6.46. The molecule has 6 nitrogen and oxygen atoms in total. The number of hydrogen-bond acceptors (Lipinski definition) is 4. The maximum atomic E-state index is 13.3. The van der Waals surface area contributed by atoms with Crippen molar-refractivity contribution in [1.82, 2.24) is 9.78 Å². The minimum atomic E-state index is -3.84. The van der Waals surface area contributed by atoms with Gasteiger partial charge in [-0.25, -0.2) is 8.42 Å². The second-order valence-electron chi connectivity index (χ2n) is 6.41. The molecule has 0 atom stereocenters. The lowest BCUT2D eigenvalue weighted by Gasteiger charge is -2.27. The quantitative estimate of drug-likeness (QED) is 0.882. The summed E-state index contributed by atoms with van der Waals surface area (Å²) in [6.07, 6.45) is 2.01. The van der Waals surface area contributed by atoms with Gasteiger partial charge in [0, 0.05) is 18.1 Å². The van der Waals surface area contributed by atoms with Gasteiger partial charge in [-0.15, -0.1) is 0 Å². The molecular weight excluding hydrogens is 362 g/mol. The van der Waals surface area contributed by atoms with Crippen LogP contribution in [0.5, 0.6) is 0 Å². The number of nitrogens with one attached hydrogen (secondary N) is 1. The number of rotatable bonds is 4. The maximum Gasteiger partial charge on any atom is 0.247 e. The fourth-order valence-corrected chi connectivity index (χ4v) is 5.55. The Hall–Kier alpha value is -1.86. The zero-order valence-corrected chi connectivity index (χ0v) is 15.7. The molecule has 1 aromatic carbocycles. The minimum Gasteiger partial charge on any atom is -0.310 e. The molecule has 0 aliphatic heterocycles. The summed E-state index contributed by atoms with van der Waals surface area (Å²) in [7, 11) is -2.14. The largest absolute Gasteiger partial charge is 0.310 e. The van der Waals surface area contributed by atoms with Crippen molar-refractivity contribution in [2.45, 2.75) is 42.2 Å². The number of benzene rings is 1.